The first kappa shape index (κ1) is 19.2. The standard InChI is InChI=1S/C19H35N3O2/c1-14(2)13-17(19(24)22-11-9-21(4)10-12-22)20-18(23)15(3)16-7-5-6-8-16/h14-17H,5-13H2,1-4H3,(H,20,23)/t15?,17-/m0/s1. The zero-order valence-electron chi connectivity index (χ0n) is 15.9. The lowest BCUT2D eigenvalue weighted by molar-refractivity contribution is -0.139. The molecule has 1 unspecified atom stereocenters. The second-order valence-corrected chi connectivity index (χ2v) is 8.15. The zero-order chi connectivity index (χ0) is 17.7. The molecular formula is C19H35N3O2. The predicted molar refractivity (Wildman–Crippen MR) is 96.6 cm³/mol. The van der Waals surface area contributed by atoms with E-state index >= 15 is 0 Å². The second kappa shape index (κ2) is 8.84. The van der Waals surface area contributed by atoms with E-state index in [0.717, 1.165) is 39.0 Å². The Morgan fingerprint density at radius 2 is 1.62 bits per heavy atom. The number of hydrogen-bond acceptors (Lipinski definition) is 3. The van der Waals surface area contributed by atoms with Crippen LogP contribution in [0, 0.1) is 17.8 Å². The lowest BCUT2D eigenvalue weighted by Crippen LogP contribution is -2.55. The van der Waals surface area contributed by atoms with Crippen LogP contribution >= 0.6 is 0 Å². The molecule has 0 aromatic rings. The molecule has 138 valence electrons. The van der Waals surface area contributed by atoms with Gasteiger partial charge >= 0.3 is 0 Å². The fourth-order valence-electron chi connectivity index (χ4n) is 3.91. The summed E-state index contributed by atoms with van der Waals surface area (Å²) in [5, 5.41) is 3.09. The summed E-state index contributed by atoms with van der Waals surface area (Å²) in [6.07, 6.45) is 5.48. The quantitative estimate of drug-likeness (QED) is 0.808. The summed E-state index contributed by atoms with van der Waals surface area (Å²) in [5.74, 6) is 1.05. The molecule has 1 aliphatic heterocycles. The van der Waals surface area contributed by atoms with Gasteiger partial charge in [0.15, 0.2) is 0 Å². The van der Waals surface area contributed by atoms with Crippen LogP contribution in [0.15, 0.2) is 0 Å². The highest BCUT2D eigenvalue weighted by Gasteiger charge is 2.32. The Morgan fingerprint density at radius 3 is 2.17 bits per heavy atom. The minimum Gasteiger partial charge on any atom is -0.344 e. The monoisotopic (exact) mass is 337 g/mol. The van der Waals surface area contributed by atoms with E-state index in [1.54, 1.807) is 0 Å². The number of piperazine rings is 1. The molecule has 0 bridgehead atoms. The van der Waals surface area contributed by atoms with Gasteiger partial charge in [0.2, 0.25) is 11.8 Å². The molecule has 1 aliphatic carbocycles. The molecule has 1 saturated carbocycles. The number of likely N-dealkylation sites (N-methyl/N-ethyl adjacent to an activating group) is 1. The van der Waals surface area contributed by atoms with Gasteiger partial charge in [-0.1, -0.05) is 33.6 Å². The predicted octanol–water partition coefficient (Wildman–Crippen LogP) is 2.12. The first-order valence-electron chi connectivity index (χ1n) is 9.66. The fraction of sp³-hybridized carbons (Fsp3) is 0.895. The van der Waals surface area contributed by atoms with Crippen molar-refractivity contribution in [1.82, 2.24) is 15.1 Å². The van der Waals surface area contributed by atoms with Crippen LogP contribution in [0.5, 0.6) is 0 Å². The molecule has 1 heterocycles. The number of amides is 2. The highest BCUT2D eigenvalue weighted by atomic mass is 16.2. The van der Waals surface area contributed by atoms with Crippen molar-refractivity contribution in [2.75, 3.05) is 33.2 Å². The van der Waals surface area contributed by atoms with Crippen molar-refractivity contribution in [3.63, 3.8) is 0 Å². The molecule has 24 heavy (non-hydrogen) atoms. The smallest absolute Gasteiger partial charge is 0.245 e. The van der Waals surface area contributed by atoms with Gasteiger partial charge in [0.05, 0.1) is 0 Å². The van der Waals surface area contributed by atoms with Gasteiger partial charge in [-0.2, -0.15) is 0 Å². The zero-order valence-corrected chi connectivity index (χ0v) is 15.9. The van der Waals surface area contributed by atoms with Crippen LogP contribution < -0.4 is 5.32 Å². The van der Waals surface area contributed by atoms with Crippen molar-refractivity contribution in [2.45, 2.75) is 58.9 Å². The van der Waals surface area contributed by atoms with Gasteiger partial charge < -0.3 is 15.1 Å². The minimum absolute atomic E-state index is 0.0162. The third kappa shape index (κ3) is 5.20. The van der Waals surface area contributed by atoms with Crippen LogP contribution in [-0.4, -0.2) is 60.9 Å². The number of carbonyl (C=O) groups is 2. The highest BCUT2D eigenvalue weighted by molar-refractivity contribution is 5.88. The van der Waals surface area contributed by atoms with Crippen LogP contribution in [-0.2, 0) is 9.59 Å². The Balaban J connectivity index is 1.96. The van der Waals surface area contributed by atoms with Gasteiger partial charge in [-0.15, -0.1) is 0 Å². The topological polar surface area (TPSA) is 52.7 Å². The number of rotatable bonds is 6. The van der Waals surface area contributed by atoms with Crippen LogP contribution in [0.25, 0.3) is 0 Å². The lowest BCUT2D eigenvalue weighted by atomic mass is 9.91. The summed E-state index contributed by atoms with van der Waals surface area (Å²) in [6.45, 7) is 9.58. The number of hydrogen-bond donors (Lipinski definition) is 1. The summed E-state index contributed by atoms with van der Waals surface area (Å²) in [4.78, 5) is 29.7. The maximum Gasteiger partial charge on any atom is 0.245 e. The molecule has 2 fully saturated rings. The molecule has 2 atom stereocenters. The van der Waals surface area contributed by atoms with Gasteiger partial charge in [-0.3, -0.25) is 9.59 Å². The summed E-state index contributed by atoms with van der Waals surface area (Å²) < 4.78 is 0. The van der Waals surface area contributed by atoms with E-state index in [9.17, 15) is 9.59 Å². The first-order valence-corrected chi connectivity index (χ1v) is 9.66. The van der Waals surface area contributed by atoms with E-state index in [2.05, 4.69) is 31.1 Å². The van der Waals surface area contributed by atoms with Crippen molar-refractivity contribution in [2.24, 2.45) is 17.8 Å². The molecule has 2 amide bonds. The third-order valence-electron chi connectivity index (χ3n) is 5.66. The van der Waals surface area contributed by atoms with Crippen LogP contribution in [0.4, 0.5) is 0 Å². The molecule has 0 aromatic heterocycles. The molecule has 0 aromatic carbocycles. The fourth-order valence-corrected chi connectivity index (χ4v) is 3.91. The Bertz CT molecular complexity index is 424. The Morgan fingerprint density at radius 1 is 1.04 bits per heavy atom. The normalized spacial score (nSPS) is 22.6. The van der Waals surface area contributed by atoms with E-state index in [1.807, 2.05) is 11.8 Å². The second-order valence-electron chi connectivity index (χ2n) is 8.15. The highest BCUT2D eigenvalue weighted by Crippen LogP contribution is 2.31. The van der Waals surface area contributed by atoms with Crippen molar-refractivity contribution < 1.29 is 9.59 Å². The van der Waals surface area contributed by atoms with Gasteiger partial charge in [0.1, 0.15) is 6.04 Å². The van der Waals surface area contributed by atoms with Gasteiger partial charge in [0.25, 0.3) is 0 Å². The summed E-state index contributed by atoms with van der Waals surface area (Å²) >= 11 is 0. The van der Waals surface area contributed by atoms with Crippen molar-refractivity contribution in [3.8, 4) is 0 Å². The van der Waals surface area contributed by atoms with E-state index in [0.29, 0.717) is 18.3 Å². The third-order valence-corrected chi connectivity index (χ3v) is 5.66. The maximum absolute atomic E-state index is 12.9. The molecular weight excluding hydrogens is 302 g/mol. The summed E-state index contributed by atoms with van der Waals surface area (Å²) in [7, 11) is 2.08. The Hall–Kier alpha value is -1.10. The van der Waals surface area contributed by atoms with Crippen molar-refractivity contribution in [3.05, 3.63) is 0 Å². The SMILES string of the molecule is CC(C)C[C@H](NC(=O)C(C)C1CCCC1)C(=O)N1CCN(C)CC1. The van der Waals surface area contributed by atoms with Crippen LogP contribution in [0.3, 0.4) is 0 Å². The van der Waals surface area contributed by atoms with E-state index in [4.69, 9.17) is 0 Å². The van der Waals surface area contributed by atoms with Crippen LogP contribution in [0.1, 0.15) is 52.9 Å². The average molecular weight is 338 g/mol. The van der Waals surface area contributed by atoms with E-state index < -0.39 is 0 Å². The van der Waals surface area contributed by atoms with Crippen molar-refractivity contribution >= 4 is 11.8 Å². The van der Waals surface area contributed by atoms with Gasteiger partial charge in [0, 0.05) is 32.1 Å². The summed E-state index contributed by atoms with van der Waals surface area (Å²) in [5.41, 5.74) is 0. The largest absolute Gasteiger partial charge is 0.344 e. The molecule has 2 aliphatic rings. The molecule has 1 N–H and O–H groups in total. The minimum atomic E-state index is -0.371. The summed E-state index contributed by atoms with van der Waals surface area (Å²) in [6, 6.07) is -0.371. The molecule has 5 heteroatoms. The van der Waals surface area contributed by atoms with E-state index in [-0.39, 0.29) is 23.8 Å². The van der Waals surface area contributed by atoms with Crippen LogP contribution in [0.2, 0.25) is 0 Å². The number of nitrogens with zero attached hydrogens (tertiary/aromatic N) is 2. The average Bonchev–Trinajstić information content (AvgIpc) is 3.07. The molecule has 1 saturated heterocycles. The Labute approximate surface area is 147 Å². The number of carbonyl (C=O) groups excluding carboxylic acids is 2. The lowest BCUT2D eigenvalue weighted by Gasteiger charge is -2.35. The Kier molecular flexibility index (Phi) is 7.08. The van der Waals surface area contributed by atoms with E-state index in [1.165, 1.54) is 12.8 Å². The number of nitrogens with one attached hydrogen (secondary N) is 1. The van der Waals surface area contributed by atoms with Gasteiger partial charge in [-0.05, 0) is 38.1 Å². The molecule has 0 radical (unpaired) electrons. The van der Waals surface area contributed by atoms with Gasteiger partial charge in [-0.25, -0.2) is 0 Å². The molecule has 5 nitrogen and oxygen atoms in total. The van der Waals surface area contributed by atoms with Crippen molar-refractivity contribution in [1.29, 1.82) is 0 Å². The maximum atomic E-state index is 12.9. The molecule has 0 spiro atoms. The first-order chi connectivity index (χ1) is 11.4. The molecule has 2 rings (SSSR count).